The molecule has 0 bridgehead atoms. The molecule has 0 unspecified atom stereocenters. The van der Waals surface area contributed by atoms with Gasteiger partial charge >= 0.3 is 5.97 Å². The molecule has 4 heteroatoms. The van der Waals surface area contributed by atoms with E-state index >= 15 is 0 Å². The average Bonchev–Trinajstić information content (AvgIpc) is 2.59. The van der Waals surface area contributed by atoms with Crippen molar-refractivity contribution in [2.75, 3.05) is 14.2 Å². The van der Waals surface area contributed by atoms with Gasteiger partial charge < -0.3 is 14.6 Å². The lowest BCUT2D eigenvalue weighted by Gasteiger charge is -2.12. The summed E-state index contributed by atoms with van der Waals surface area (Å²) in [7, 11) is 3.22. The fraction of sp³-hybridized carbons (Fsp3) is 0.105. The lowest BCUT2D eigenvalue weighted by molar-refractivity contribution is -0.131. The molecular weight excluding hydrogens is 292 g/mol. The molecule has 0 saturated carbocycles. The van der Waals surface area contributed by atoms with Crippen LogP contribution in [0.25, 0.3) is 5.57 Å². The second-order valence-electron chi connectivity index (χ2n) is 4.71. The van der Waals surface area contributed by atoms with Gasteiger partial charge in [-0.05, 0) is 29.3 Å². The van der Waals surface area contributed by atoms with E-state index in [2.05, 4.69) is 0 Å². The first kappa shape index (κ1) is 16.4. The number of para-hydroxylation sites is 1. The minimum atomic E-state index is -0.990. The Balaban J connectivity index is 2.52. The molecule has 0 saturated heterocycles. The van der Waals surface area contributed by atoms with Crippen LogP contribution in [0.2, 0.25) is 0 Å². The maximum Gasteiger partial charge on any atom is 0.328 e. The second kappa shape index (κ2) is 7.84. The lowest BCUT2D eigenvalue weighted by Crippen LogP contribution is -1.94. The molecule has 23 heavy (non-hydrogen) atoms. The van der Waals surface area contributed by atoms with Gasteiger partial charge in [-0.15, -0.1) is 0 Å². The largest absolute Gasteiger partial charge is 0.497 e. The van der Waals surface area contributed by atoms with E-state index in [1.54, 1.807) is 20.3 Å². The zero-order valence-electron chi connectivity index (χ0n) is 13.0. The number of hydrogen-bond donors (Lipinski definition) is 1. The highest BCUT2D eigenvalue weighted by Gasteiger charge is 2.10. The summed E-state index contributed by atoms with van der Waals surface area (Å²) in [5.41, 5.74) is 2.68. The van der Waals surface area contributed by atoms with Crippen LogP contribution >= 0.6 is 0 Å². The molecule has 118 valence electrons. The van der Waals surface area contributed by atoms with Gasteiger partial charge in [0.05, 0.1) is 14.2 Å². The first-order valence-corrected chi connectivity index (χ1v) is 7.05. The third kappa shape index (κ3) is 4.23. The topological polar surface area (TPSA) is 55.8 Å². The van der Waals surface area contributed by atoms with E-state index in [9.17, 15) is 4.79 Å². The third-order valence-electron chi connectivity index (χ3n) is 3.30. The van der Waals surface area contributed by atoms with Crippen molar-refractivity contribution < 1.29 is 19.4 Å². The van der Waals surface area contributed by atoms with Gasteiger partial charge in [0.25, 0.3) is 0 Å². The van der Waals surface area contributed by atoms with Crippen molar-refractivity contribution in [1.29, 1.82) is 0 Å². The van der Waals surface area contributed by atoms with Gasteiger partial charge in [0.1, 0.15) is 11.5 Å². The number of carboxylic acid groups (broad SMARTS) is 1. The number of hydrogen-bond acceptors (Lipinski definition) is 3. The van der Waals surface area contributed by atoms with Crippen LogP contribution in [0.5, 0.6) is 11.5 Å². The lowest BCUT2D eigenvalue weighted by atomic mass is 9.96. The highest BCUT2D eigenvalue weighted by molar-refractivity contribution is 5.85. The predicted molar refractivity (Wildman–Crippen MR) is 89.8 cm³/mol. The number of methoxy groups -OCH3 is 2. The molecule has 0 aliphatic rings. The molecule has 0 atom stereocenters. The normalized spacial score (nSPS) is 11.5. The van der Waals surface area contributed by atoms with Gasteiger partial charge in [0, 0.05) is 11.6 Å². The first-order valence-electron chi connectivity index (χ1n) is 7.05. The summed E-state index contributed by atoms with van der Waals surface area (Å²) in [5, 5.41) is 8.78. The molecule has 2 rings (SSSR count). The fourth-order valence-electron chi connectivity index (χ4n) is 2.21. The minimum Gasteiger partial charge on any atom is -0.497 e. The Morgan fingerprint density at radius 1 is 1.00 bits per heavy atom. The van der Waals surface area contributed by atoms with E-state index in [4.69, 9.17) is 14.6 Å². The minimum absolute atomic E-state index is 0.721. The summed E-state index contributed by atoms with van der Waals surface area (Å²) in [6, 6.07) is 15.2. The molecule has 0 aliphatic carbocycles. The van der Waals surface area contributed by atoms with E-state index in [0.717, 1.165) is 34.3 Å². The van der Waals surface area contributed by atoms with Gasteiger partial charge in [0.15, 0.2) is 0 Å². The Morgan fingerprint density at radius 3 is 2.30 bits per heavy atom. The number of rotatable bonds is 6. The Hall–Kier alpha value is -3.01. The van der Waals surface area contributed by atoms with E-state index < -0.39 is 5.97 Å². The average molecular weight is 310 g/mol. The number of benzene rings is 2. The molecule has 1 N–H and O–H groups in total. The van der Waals surface area contributed by atoms with Crippen molar-refractivity contribution >= 4 is 11.5 Å². The Labute approximate surface area is 135 Å². The molecule has 2 aromatic carbocycles. The van der Waals surface area contributed by atoms with Crippen LogP contribution in [0.15, 0.2) is 66.8 Å². The van der Waals surface area contributed by atoms with Gasteiger partial charge in [-0.25, -0.2) is 4.79 Å². The molecular formula is C19H18O4. The molecule has 0 aromatic heterocycles. The monoisotopic (exact) mass is 310 g/mol. The van der Waals surface area contributed by atoms with Gasteiger partial charge in [-0.1, -0.05) is 42.5 Å². The van der Waals surface area contributed by atoms with Crippen LogP contribution in [0, 0.1) is 0 Å². The SMILES string of the molecule is COc1ccc(C(=CC=CC(=O)O)c2ccccc2OC)cc1. The maximum atomic E-state index is 10.7. The van der Waals surface area contributed by atoms with Crippen LogP contribution in [0.3, 0.4) is 0 Å². The highest BCUT2D eigenvalue weighted by atomic mass is 16.5. The van der Waals surface area contributed by atoms with Crippen molar-refractivity contribution in [2.45, 2.75) is 0 Å². The van der Waals surface area contributed by atoms with Crippen LogP contribution in [0.4, 0.5) is 0 Å². The van der Waals surface area contributed by atoms with Crippen molar-refractivity contribution in [2.24, 2.45) is 0 Å². The summed E-state index contributed by atoms with van der Waals surface area (Å²) in [6.45, 7) is 0. The summed E-state index contributed by atoms with van der Waals surface area (Å²) in [6.07, 6.45) is 4.36. The molecule has 0 spiro atoms. The molecule has 0 heterocycles. The zero-order chi connectivity index (χ0) is 16.7. The quantitative estimate of drug-likeness (QED) is 0.652. The number of allylic oxidation sites excluding steroid dienone is 2. The number of ether oxygens (including phenoxy) is 2. The van der Waals surface area contributed by atoms with Crippen LogP contribution in [-0.2, 0) is 4.79 Å². The number of aliphatic carboxylic acids is 1. The van der Waals surface area contributed by atoms with E-state index in [1.165, 1.54) is 6.08 Å². The molecule has 0 aliphatic heterocycles. The van der Waals surface area contributed by atoms with E-state index in [-0.39, 0.29) is 0 Å². The summed E-state index contributed by atoms with van der Waals surface area (Å²) >= 11 is 0. The second-order valence-corrected chi connectivity index (χ2v) is 4.71. The summed E-state index contributed by atoms with van der Waals surface area (Å²) < 4.78 is 10.6. The van der Waals surface area contributed by atoms with Gasteiger partial charge in [-0.3, -0.25) is 0 Å². The van der Waals surface area contributed by atoms with Crippen LogP contribution in [0.1, 0.15) is 11.1 Å². The summed E-state index contributed by atoms with van der Waals surface area (Å²) in [5.74, 6) is 0.489. The Kier molecular flexibility index (Phi) is 5.58. The summed E-state index contributed by atoms with van der Waals surface area (Å²) in [4.78, 5) is 10.7. The third-order valence-corrected chi connectivity index (χ3v) is 3.30. The van der Waals surface area contributed by atoms with Crippen LogP contribution < -0.4 is 9.47 Å². The molecule has 4 nitrogen and oxygen atoms in total. The molecule has 2 aromatic rings. The zero-order valence-corrected chi connectivity index (χ0v) is 13.0. The van der Waals surface area contributed by atoms with Crippen LogP contribution in [-0.4, -0.2) is 25.3 Å². The van der Waals surface area contributed by atoms with Crippen molar-refractivity contribution in [3.05, 3.63) is 77.9 Å². The first-order chi connectivity index (χ1) is 11.2. The molecule has 0 fully saturated rings. The molecule has 0 amide bonds. The van der Waals surface area contributed by atoms with E-state index in [0.29, 0.717) is 0 Å². The van der Waals surface area contributed by atoms with Gasteiger partial charge in [-0.2, -0.15) is 0 Å². The van der Waals surface area contributed by atoms with E-state index in [1.807, 2.05) is 48.5 Å². The Morgan fingerprint density at radius 2 is 1.70 bits per heavy atom. The fourth-order valence-corrected chi connectivity index (χ4v) is 2.21. The Bertz CT molecular complexity index is 727. The smallest absolute Gasteiger partial charge is 0.328 e. The van der Waals surface area contributed by atoms with Gasteiger partial charge in [0.2, 0.25) is 0 Å². The molecule has 0 radical (unpaired) electrons. The standard InChI is InChI=1S/C19H18O4/c1-22-15-12-10-14(11-13-15)16(7-5-9-19(20)21)17-6-3-4-8-18(17)23-2/h3-13H,1-2H3,(H,20,21). The van der Waals surface area contributed by atoms with Crippen molar-refractivity contribution in [1.82, 2.24) is 0 Å². The van der Waals surface area contributed by atoms with Crippen molar-refractivity contribution in [3.8, 4) is 11.5 Å². The van der Waals surface area contributed by atoms with Crippen molar-refractivity contribution in [3.63, 3.8) is 0 Å². The predicted octanol–water partition coefficient (Wildman–Crippen LogP) is 3.78. The highest BCUT2D eigenvalue weighted by Crippen LogP contribution is 2.31. The number of carboxylic acids is 1. The number of carbonyl (C=O) groups is 1. The maximum absolute atomic E-state index is 10.7.